The summed E-state index contributed by atoms with van der Waals surface area (Å²) in [5, 5.41) is 4.10. The van der Waals surface area contributed by atoms with Crippen LogP contribution in [0.1, 0.15) is 31.2 Å². The van der Waals surface area contributed by atoms with Crippen LogP contribution in [-0.4, -0.2) is 35.8 Å². The Morgan fingerprint density at radius 2 is 1.79 bits per heavy atom. The van der Waals surface area contributed by atoms with Crippen LogP contribution in [0.5, 0.6) is 0 Å². The van der Waals surface area contributed by atoms with Crippen LogP contribution < -0.4 is 16.6 Å². The van der Waals surface area contributed by atoms with Gasteiger partial charge < -0.3 is 5.32 Å². The lowest BCUT2D eigenvalue weighted by atomic mass is 10.0. The zero-order valence-electron chi connectivity index (χ0n) is 13.4. The van der Waals surface area contributed by atoms with E-state index >= 15 is 0 Å². The molecule has 1 fully saturated rings. The Hall–Kier alpha value is -1.34. The third-order valence-corrected chi connectivity index (χ3v) is 4.82. The van der Waals surface area contributed by atoms with Crippen molar-refractivity contribution >= 4 is 35.0 Å². The van der Waals surface area contributed by atoms with Gasteiger partial charge in [0.2, 0.25) is 11.8 Å². The van der Waals surface area contributed by atoms with Crippen molar-refractivity contribution in [1.29, 1.82) is 0 Å². The van der Waals surface area contributed by atoms with Crippen LogP contribution in [0.3, 0.4) is 0 Å². The van der Waals surface area contributed by atoms with Crippen LogP contribution in [-0.2, 0) is 16.1 Å². The van der Waals surface area contributed by atoms with Gasteiger partial charge in [0.1, 0.15) is 0 Å². The second-order valence-electron chi connectivity index (χ2n) is 5.93. The van der Waals surface area contributed by atoms with Crippen LogP contribution in [0.25, 0.3) is 0 Å². The van der Waals surface area contributed by atoms with Gasteiger partial charge in [-0.3, -0.25) is 19.9 Å². The van der Waals surface area contributed by atoms with E-state index in [2.05, 4.69) is 10.2 Å². The second kappa shape index (κ2) is 9.22. The summed E-state index contributed by atoms with van der Waals surface area (Å²) in [6.45, 7) is 2.61. The van der Waals surface area contributed by atoms with Gasteiger partial charge in [0, 0.05) is 38.5 Å². The summed E-state index contributed by atoms with van der Waals surface area (Å²) in [5.41, 5.74) is 3.14. The van der Waals surface area contributed by atoms with E-state index in [9.17, 15) is 9.59 Å². The highest BCUT2D eigenvalue weighted by Crippen LogP contribution is 2.24. The molecule has 1 saturated heterocycles. The topological polar surface area (TPSA) is 87.5 Å². The van der Waals surface area contributed by atoms with E-state index < -0.39 is 0 Å². The first kappa shape index (κ1) is 19.0. The van der Waals surface area contributed by atoms with Gasteiger partial charge in [-0.25, -0.2) is 5.84 Å². The maximum atomic E-state index is 11.8. The summed E-state index contributed by atoms with van der Waals surface area (Å²) in [6, 6.07) is 5.83. The van der Waals surface area contributed by atoms with E-state index in [1.165, 1.54) is 0 Å². The van der Waals surface area contributed by atoms with Gasteiger partial charge in [-0.05, 0) is 30.5 Å². The standard InChI is InChI=1S/C16H22Cl2N4O2/c17-13-2-1-11(9-14(13)18)10-22-7-5-12(6-8-22)20-15(23)3-4-16(24)21-19/h1-2,9,12H,3-8,10,19H2,(H,20,23)(H,21,24). The fraction of sp³-hybridized carbons (Fsp3) is 0.500. The van der Waals surface area contributed by atoms with E-state index in [0.29, 0.717) is 10.0 Å². The highest BCUT2D eigenvalue weighted by molar-refractivity contribution is 6.42. The summed E-state index contributed by atoms with van der Waals surface area (Å²) < 4.78 is 0. The summed E-state index contributed by atoms with van der Waals surface area (Å²) in [6.07, 6.45) is 2.04. The van der Waals surface area contributed by atoms with Crippen LogP contribution in [0.15, 0.2) is 18.2 Å². The van der Waals surface area contributed by atoms with Crippen LogP contribution in [0.2, 0.25) is 10.0 Å². The molecular formula is C16H22Cl2N4O2. The van der Waals surface area contributed by atoms with Gasteiger partial charge in [0.05, 0.1) is 10.0 Å². The number of nitrogens with zero attached hydrogens (tertiary/aromatic N) is 1. The second-order valence-corrected chi connectivity index (χ2v) is 6.75. The molecule has 6 nitrogen and oxygen atoms in total. The number of hydrogen-bond donors (Lipinski definition) is 3. The molecule has 2 rings (SSSR count). The molecule has 0 unspecified atom stereocenters. The number of carbonyl (C=O) groups excluding carboxylic acids is 2. The van der Waals surface area contributed by atoms with Crippen molar-refractivity contribution in [2.45, 2.75) is 38.3 Å². The Labute approximate surface area is 151 Å². The normalized spacial score (nSPS) is 16.0. The fourth-order valence-corrected chi connectivity index (χ4v) is 3.05. The molecule has 8 heteroatoms. The maximum absolute atomic E-state index is 11.8. The van der Waals surface area contributed by atoms with Crippen molar-refractivity contribution in [3.8, 4) is 0 Å². The van der Waals surface area contributed by atoms with Gasteiger partial charge >= 0.3 is 0 Å². The van der Waals surface area contributed by atoms with Crippen molar-refractivity contribution in [3.05, 3.63) is 33.8 Å². The minimum Gasteiger partial charge on any atom is -0.353 e. The number of amides is 2. The highest BCUT2D eigenvalue weighted by atomic mass is 35.5. The quantitative estimate of drug-likeness (QED) is 0.404. The van der Waals surface area contributed by atoms with Crippen LogP contribution in [0, 0.1) is 0 Å². The van der Waals surface area contributed by atoms with Gasteiger partial charge in [-0.15, -0.1) is 0 Å². The lowest BCUT2D eigenvalue weighted by Gasteiger charge is -2.32. The molecule has 0 spiro atoms. The van der Waals surface area contributed by atoms with Gasteiger partial charge in [0.15, 0.2) is 0 Å². The van der Waals surface area contributed by atoms with E-state index in [-0.39, 0.29) is 30.7 Å². The number of likely N-dealkylation sites (tertiary alicyclic amines) is 1. The first-order chi connectivity index (χ1) is 11.5. The number of halogens is 2. The average molecular weight is 373 g/mol. The number of nitrogens with one attached hydrogen (secondary N) is 2. The number of rotatable bonds is 6. The molecule has 0 saturated carbocycles. The molecule has 0 radical (unpaired) electrons. The number of piperidine rings is 1. The summed E-state index contributed by atoms with van der Waals surface area (Å²) in [5.74, 6) is 4.54. The first-order valence-corrected chi connectivity index (χ1v) is 8.68. The molecule has 1 aromatic carbocycles. The molecule has 132 valence electrons. The fourth-order valence-electron chi connectivity index (χ4n) is 2.73. The molecule has 0 bridgehead atoms. The highest BCUT2D eigenvalue weighted by Gasteiger charge is 2.21. The largest absolute Gasteiger partial charge is 0.353 e. The number of hydrazine groups is 1. The summed E-state index contributed by atoms with van der Waals surface area (Å²) in [7, 11) is 0. The SMILES string of the molecule is NNC(=O)CCC(=O)NC1CCN(Cc2ccc(Cl)c(Cl)c2)CC1. The number of benzene rings is 1. The molecule has 1 aliphatic rings. The Balaban J connectivity index is 1.72. The Kier molecular flexibility index (Phi) is 7.30. The number of nitrogens with two attached hydrogens (primary N) is 1. The Bertz CT molecular complexity index is 589. The molecular weight excluding hydrogens is 351 g/mol. The van der Waals surface area contributed by atoms with Crippen molar-refractivity contribution in [1.82, 2.24) is 15.6 Å². The smallest absolute Gasteiger partial charge is 0.234 e. The van der Waals surface area contributed by atoms with E-state index in [1.807, 2.05) is 23.6 Å². The molecule has 1 aromatic rings. The van der Waals surface area contributed by atoms with Crippen LogP contribution >= 0.6 is 23.2 Å². The Morgan fingerprint density at radius 1 is 1.12 bits per heavy atom. The van der Waals surface area contributed by atoms with Crippen molar-refractivity contribution in [3.63, 3.8) is 0 Å². The Morgan fingerprint density at radius 3 is 2.42 bits per heavy atom. The van der Waals surface area contributed by atoms with Gasteiger partial charge in [0.25, 0.3) is 0 Å². The van der Waals surface area contributed by atoms with E-state index in [0.717, 1.165) is 38.0 Å². The van der Waals surface area contributed by atoms with Gasteiger partial charge in [-0.2, -0.15) is 0 Å². The third-order valence-electron chi connectivity index (χ3n) is 4.08. The molecule has 1 heterocycles. The van der Waals surface area contributed by atoms with E-state index in [1.54, 1.807) is 0 Å². The average Bonchev–Trinajstić information content (AvgIpc) is 2.58. The third kappa shape index (κ3) is 5.94. The molecule has 24 heavy (non-hydrogen) atoms. The molecule has 0 aromatic heterocycles. The monoisotopic (exact) mass is 372 g/mol. The number of carbonyl (C=O) groups is 2. The predicted octanol–water partition coefficient (Wildman–Crippen LogP) is 1.84. The minimum atomic E-state index is -0.332. The minimum absolute atomic E-state index is 0.110. The zero-order valence-corrected chi connectivity index (χ0v) is 14.9. The van der Waals surface area contributed by atoms with Crippen molar-refractivity contribution in [2.75, 3.05) is 13.1 Å². The summed E-state index contributed by atoms with van der Waals surface area (Å²) >= 11 is 12.0. The first-order valence-electron chi connectivity index (χ1n) is 7.93. The molecule has 2 amide bonds. The number of hydrogen-bond acceptors (Lipinski definition) is 4. The van der Waals surface area contributed by atoms with Gasteiger partial charge in [-0.1, -0.05) is 29.3 Å². The lowest BCUT2D eigenvalue weighted by Crippen LogP contribution is -2.44. The molecule has 0 aliphatic carbocycles. The van der Waals surface area contributed by atoms with E-state index in [4.69, 9.17) is 29.0 Å². The maximum Gasteiger partial charge on any atom is 0.234 e. The lowest BCUT2D eigenvalue weighted by molar-refractivity contribution is -0.127. The molecule has 1 aliphatic heterocycles. The van der Waals surface area contributed by atoms with Crippen LogP contribution in [0.4, 0.5) is 0 Å². The van der Waals surface area contributed by atoms with Crippen molar-refractivity contribution < 1.29 is 9.59 Å². The predicted molar refractivity (Wildman–Crippen MR) is 94.5 cm³/mol. The summed E-state index contributed by atoms with van der Waals surface area (Å²) in [4.78, 5) is 25.2. The molecule has 0 atom stereocenters. The molecule has 4 N–H and O–H groups in total. The zero-order chi connectivity index (χ0) is 17.5. The van der Waals surface area contributed by atoms with Crippen molar-refractivity contribution in [2.24, 2.45) is 5.84 Å².